The van der Waals surface area contributed by atoms with E-state index in [9.17, 15) is 0 Å². The van der Waals surface area contributed by atoms with Crippen LogP contribution in [0.4, 0.5) is 5.69 Å². The molecule has 1 rings (SSSR count). The minimum Gasteiger partial charge on any atom is -0.314 e. The van der Waals surface area contributed by atoms with E-state index in [4.69, 9.17) is 0 Å². The molecule has 0 aliphatic heterocycles. The highest BCUT2D eigenvalue weighted by atomic mass is 15.2. The monoisotopic (exact) mass is 309 g/mol. The molecule has 23 heavy (non-hydrogen) atoms. The molecule has 0 N–H and O–H groups in total. The Labute approximate surface area is 143 Å². The molecule has 0 aliphatic carbocycles. The van der Waals surface area contributed by atoms with Gasteiger partial charge in [0.2, 0.25) is 0 Å². The van der Waals surface area contributed by atoms with Crippen LogP contribution in [0.2, 0.25) is 0 Å². The minimum atomic E-state index is 0.931. The van der Waals surface area contributed by atoms with E-state index < -0.39 is 0 Å². The van der Waals surface area contributed by atoms with Crippen LogP contribution in [0.3, 0.4) is 0 Å². The van der Waals surface area contributed by atoms with Crippen LogP contribution in [0.15, 0.2) is 85.3 Å². The average molecular weight is 309 g/mol. The lowest BCUT2D eigenvalue weighted by Crippen LogP contribution is -2.20. The van der Waals surface area contributed by atoms with E-state index in [1.54, 1.807) is 6.08 Å². The van der Waals surface area contributed by atoms with Crippen molar-refractivity contribution in [1.82, 2.24) is 0 Å². The van der Waals surface area contributed by atoms with Crippen LogP contribution in [0.5, 0.6) is 0 Å². The lowest BCUT2D eigenvalue weighted by Gasteiger charge is -2.28. The molecule has 1 nitrogen and oxygen atoms in total. The van der Waals surface area contributed by atoms with Crippen LogP contribution in [0.25, 0.3) is 0 Å². The van der Waals surface area contributed by atoms with Gasteiger partial charge in [0.15, 0.2) is 0 Å². The molecule has 0 spiro atoms. The molecule has 0 heterocycles. The highest BCUT2D eigenvalue weighted by Crippen LogP contribution is 2.27. The largest absolute Gasteiger partial charge is 0.314 e. The van der Waals surface area contributed by atoms with E-state index in [1.165, 1.54) is 11.3 Å². The van der Waals surface area contributed by atoms with Crippen molar-refractivity contribution in [3.8, 4) is 0 Å². The van der Waals surface area contributed by atoms with Gasteiger partial charge in [-0.3, -0.25) is 0 Å². The number of hydrogen-bond acceptors (Lipinski definition) is 1. The molecule has 0 saturated carbocycles. The van der Waals surface area contributed by atoms with Gasteiger partial charge in [-0.2, -0.15) is 0 Å². The van der Waals surface area contributed by atoms with Crippen LogP contribution < -0.4 is 4.90 Å². The summed E-state index contributed by atoms with van der Waals surface area (Å²) in [5.41, 5.74) is 4.62. The molecule has 1 heteroatoms. The number of aryl methyl sites for hydroxylation is 1. The Balaban J connectivity index is 0.00000232. The number of allylic oxidation sites excluding steroid dienone is 7. The van der Waals surface area contributed by atoms with E-state index in [0.717, 1.165) is 17.8 Å². The third-order valence-corrected chi connectivity index (χ3v) is 3.18. The van der Waals surface area contributed by atoms with Gasteiger partial charge in [0.1, 0.15) is 0 Å². The molecular formula is C22H31N. The number of nitrogens with zero attached hydrogens (tertiary/aromatic N) is 1. The fourth-order valence-electron chi connectivity index (χ4n) is 2.09. The molecule has 0 radical (unpaired) electrons. The second-order valence-corrected chi connectivity index (χ2v) is 4.74. The molecule has 0 amide bonds. The van der Waals surface area contributed by atoms with Gasteiger partial charge < -0.3 is 4.90 Å². The fraction of sp³-hybridized carbons (Fsp3) is 0.273. The average Bonchev–Trinajstić information content (AvgIpc) is 2.60. The first kappa shape index (κ1) is 20.7. The summed E-state index contributed by atoms with van der Waals surface area (Å²) >= 11 is 0. The summed E-state index contributed by atoms with van der Waals surface area (Å²) in [6, 6.07) is 8.52. The predicted molar refractivity (Wildman–Crippen MR) is 107 cm³/mol. The van der Waals surface area contributed by atoms with Crippen molar-refractivity contribution < 1.29 is 0 Å². The summed E-state index contributed by atoms with van der Waals surface area (Å²) in [6.07, 6.45) is 12.8. The Bertz CT molecular complexity index is 556. The zero-order valence-electron chi connectivity index (χ0n) is 15.3. The first-order chi connectivity index (χ1) is 11.2. The van der Waals surface area contributed by atoms with Crippen LogP contribution in [0, 0.1) is 6.92 Å². The van der Waals surface area contributed by atoms with Gasteiger partial charge in [-0.25, -0.2) is 0 Å². The number of anilines is 1. The Kier molecular flexibility index (Phi) is 11.1. The lowest BCUT2D eigenvalue weighted by molar-refractivity contribution is 0.984. The maximum Gasteiger partial charge on any atom is 0.0458 e. The maximum atomic E-state index is 3.94. The van der Waals surface area contributed by atoms with Crippen LogP contribution in [-0.4, -0.2) is 0 Å². The first-order valence-corrected chi connectivity index (χ1v) is 8.31. The third-order valence-electron chi connectivity index (χ3n) is 3.18. The maximum absolute atomic E-state index is 3.94. The molecular weight excluding hydrogens is 278 g/mol. The SMILES string of the molecule is C=C/C=C(\C=C)N(/C(=C/C=C\C)CC)c1ccc(C)cc1.CC. The Morgan fingerprint density at radius 3 is 2.13 bits per heavy atom. The highest BCUT2D eigenvalue weighted by molar-refractivity contribution is 5.61. The van der Waals surface area contributed by atoms with Gasteiger partial charge in [0.25, 0.3) is 0 Å². The van der Waals surface area contributed by atoms with Gasteiger partial charge >= 0.3 is 0 Å². The van der Waals surface area contributed by atoms with E-state index in [0.29, 0.717) is 0 Å². The fourth-order valence-corrected chi connectivity index (χ4v) is 2.09. The summed E-state index contributed by atoms with van der Waals surface area (Å²) in [6.45, 7) is 18.0. The molecule has 0 atom stereocenters. The number of benzene rings is 1. The van der Waals surface area contributed by atoms with Crippen LogP contribution in [0.1, 0.15) is 39.7 Å². The quantitative estimate of drug-likeness (QED) is 0.492. The first-order valence-electron chi connectivity index (χ1n) is 8.31. The van der Waals surface area contributed by atoms with Gasteiger partial charge in [-0.15, -0.1) is 0 Å². The zero-order valence-corrected chi connectivity index (χ0v) is 15.3. The van der Waals surface area contributed by atoms with Crippen molar-refractivity contribution in [3.63, 3.8) is 0 Å². The topological polar surface area (TPSA) is 3.24 Å². The van der Waals surface area contributed by atoms with E-state index >= 15 is 0 Å². The van der Waals surface area contributed by atoms with E-state index in [1.807, 2.05) is 39.0 Å². The van der Waals surface area contributed by atoms with Crippen molar-refractivity contribution >= 4 is 5.69 Å². The van der Waals surface area contributed by atoms with Gasteiger partial charge in [0, 0.05) is 17.1 Å². The van der Waals surface area contributed by atoms with Crippen molar-refractivity contribution in [2.24, 2.45) is 0 Å². The second-order valence-electron chi connectivity index (χ2n) is 4.74. The highest BCUT2D eigenvalue weighted by Gasteiger charge is 2.13. The van der Waals surface area contributed by atoms with E-state index in [-0.39, 0.29) is 0 Å². The van der Waals surface area contributed by atoms with Crippen molar-refractivity contribution in [2.75, 3.05) is 4.90 Å². The smallest absolute Gasteiger partial charge is 0.0458 e. The molecule has 0 saturated heterocycles. The summed E-state index contributed by atoms with van der Waals surface area (Å²) in [5, 5.41) is 0. The van der Waals surface area contributed by atoms with Gasteiger partial charge in [-0.1, -0.05) is 69.9 Å². The van der Waals surface area contributed by atoms with Crippen molar-refractivity contribution in [1.29, 1.82) is 0 Å². The number of hydrogen-bond donors (Lipinski definition) is 0. The van der Waals surface area contributed by atoms with Crippen molar-refractivity contribution in [2.45, 2.75) is 41.0 Å². The minimum absolute atomic E-state index is 0.931. The third kappa shape index (κ3) is 6.56. The Hall–Kier alpha value is -2.28. The molecule has 0 aliphatic rings. The van der Waals surface area contributed by atoms with Crippen molar-refractivity contribution in [3.05, 3.63) is 90.8 Å². The predicted octanol–water partition coefficient (Wildman–Crippen LogP) is 6.95. The van der Waals surface area contributed by atoms with E-state index in [2.05, 4.69) is 68.3 Å². The van der Waals surface area contributed by atoms with Crippen LogP contribution >= 0.6 is 0 Å². The second kappa shape index (κ2) is 12.3. The summed E-state index contributed by atoms with van der Waals surface area (Å²) in [5.74, 6) is 0. The molecule has 0 bridgehead atoms. The lowest BCUT2D eigenvalue weighted by atomic mass is 10.1. The van der Waals surface area contributed by atoms with Crippen LogP contribution in [-0.2, 0) is 0 Å². The summed E-state index contributed by atoms with van der Waals surface area (Å²) in [7, 11) is 0. The normalized spacial score (nSPS) is 11.7. The summed E-state index contributed by atoms with van der Waals surface area (Å²) < 4.78 is 0. The Morgan fingerprint density at radius 1 is 1.09 bits per heavy atom. The molecule has 1 aromatic carbocycles. The van der Waals surface area contributed by atoms with Gasteiger partial charge in [-0.05, 0) is 50.6 Å². The molecule has 0 unspecified atom stereocenters. The summed E-state index contributed by atoms with van der Waals surface area (Å²) in [4.78, 5) is 2.22. The standard InChI is InChI=1S/C20H25N.C2H6/c1-6-10-12-19(9-4)21(18(8-3)11-7-2)20-15-13-17(5)14-16-20;1-2/h6-8,10-16H,2-3,9H2,1,4-5H3;1-2H3/b10-6-,18-11+,19-12+;. The molecule has 124 valence electrons. The number of rotatable bonds is 7. The molecule has 1 aromatic rings. The molecule has 0 fully saturated rings. The van der Waals surface area contributed by atoms with Gasteiger partial charge in [0.05, 0.1) is 0 Å². The Morgan fingerprint density at radius 2 is 1.70 bits per heavy atom. The zero-order chi connectivity index (χ0) is 17.7. The molecule has 0 aromatic heterocycles.